The van der Waals surface area contributed by atoms with Gasteiger partial charge in [0, 0.05) is 13.1 Å². The summed E-state index contributed by atoms with van der Waals surface area (Å²) in [5.41, 5.74) is 2.63. The van der Waals surface area contributed by atoms with E-state index in [1.165, 1.54) is 11.3 Å². The van der Waals surface area contributed by atoms with Gasteiger partial charge in [0.15, 0.2) is 0 Å². The maximum Gasteiger partial charge on any atom is 0.142 e. The van der Waals surface area contributed by atoms with Gasteiger partial charge in [0.25, 0.3) is 0 Å². The number of nitrogens with zero attached hydrogens (tertiary/aromatic N) is 1. The summed E-state index contributed by atoms with van der Waals surface area (Å²) in [5, 5.41) is 0. The first-order chi connectivity index (χ1) is 8.52. The molecular formula is C15H23NO2. The fourth-order valence-corrected chi connectivity index (χ4v) is 2.21. The molecule has 0 atom stereocenters. The molecule has 0 saturated carbocycles. The third-order valence-corrected chi connectivity index (χ3v) is 3.40. The maximum atomic E-state index is 5.55. The van der Waals surface area contributed by atoms with E-state index in [0.717, 1.165) is 32.1 Å². The summed E-state index contributed by atoms with van der Waals surface area (Å²) in [5.74, 6) is 0.962. The molecule has 0 bridgehead atoms. The number of hydrogen-bond donors (Lipinski definition) is 0. The van der Waals surface area contributed by atoms with E-state index in [9.17, 15) is 0 Å². The molecule has 1 fully saturated rings. The first-order valence-electron chi connectivity index (χ1n) is 6.53. The molecule has 0 radical (unpaired) electrons. The van der Waals surface area contributed by atoms with Gasteiger partial charge < -0.3 is 14.4 Å². The van der Waals surface area contributed by atoms with Crippen molar-refractivity contribution >= 4 is 5.69 Å². The van der Waals surface area contributed by atoms with Crippen LogP contribution in [-0.2, 0) is 10.2 Å². The first kappa shape index (κ1) is 13.2. The van der Waals surface area contributed by atoms with Crippen molar-refractivity contribution in [2.75, 3.05) is 38.3 Å². The Morgan fingerprint density at radius 3 is 2.39 bits per heavy atom. The average molecular weight is 249 g/mol. The zero-order chi connectivity index (χ0) is 13.2. The third kappa shape index (κ3) is 2.78. The maximum absolute atomic E-state index is 5.55. The van der Waals surface area contributed by atoms with Crippen LogP contribution in [0.2, 0.25) is 0 Å². The van der Waals surface area contributed by atoms with Crippen LogP contribution >= 0.6 is 0 Å². The molecule has 1 aromatic carbocycles. The molecule has 18 heavy (non-hydrogen) atoms. The summed E-state index contributed by atoms with van der Waals surface area (Å²) in [6.45, 7) is 10.1. The smallest absolute Gasteiger partial charge is 0.142 e. The Morgan fingerprint density at radius 2 is 1.83 bits per heavy atom. The molecule has 3 nitrogen and oxygen atoms in total. The van der Waals surface area contributed by atoms with Crippen LogP contribution in [0.25, 0.3) is 0 Å². The second-order valence-electron chi connectivity index (χ2n) is 5.74. The molecule has 0 aromatic heterocycles. The quantitative estimate of drug-likeness (QED) is 0.804. The molecule has 100 valence electrons. The van der Waals surface area contributed by atoms with Crippen LogP contribution in [-0.4, -0.2) is 33.4 Å². The van der Waals surface area contributed by atoms with E-state index in [1.807, 2.05) is 0 Å². The van der Waals surface area contributed by atoms with Gasteiger partial charge in [0.05, 0.1) is 26.0 Å². The molecule has 0 unspecified atom stereocenters. The molecule has 2 rings (SSSR count). The number of morpholine rings is 1. The summed E-state index contributed by atoms with van der Waals surface area (Å²) >= 11 is 0. The minimum atomic E-state index is 0.150. The van der Waals surface area contributed by atoms with Crippen molar-refractivity contribution in [2.45, 2.75) is 26.2 Å². The Kier molecular flexibility index (Phi) is 3.81. The monoisotopic (exact) mass is 249 g/mol. The van der Waals surface area contributed by atoms with E-state index in [-0.39, 0.29) is 5.41 Å². The molecule has 3 heteroatoms. The third-order valence-electron chi connectivity index (χ3n) is 3.40. The zero-order valence-corrected chi connectivity index (χ0v) is 11.8. The highest BCUT2D eigenvalue weighted by Gasteiger charge is 2.19. The molecule has 0 aliphatic carbocycles. The van der Waals surface area contributed by atoms with Gasteiger partial charge in [-0.1, -0.05) is 26.8 Å². The Morgan fingerprint density at radius 1 is 1.17 bits per heavy atom. The number of ether oxygens (including phenoxy) is 2. The SMILES string of the molecule is COc1cc(C(C)(C)C)ccc1N1CCOCC1. The molecule has 0 amide bonds. The summed E-state index contributed by atoms with van der Waals surface area (Å²) in [7, 11) is 1.74. The standard InChI is InChI=1S/C15H23NO2/c1-15(2,3)12-5-6-13(14(11-12)17-4)16-7-9-18-10-8-16/h5-6,11H,7-10H2,1-4H3. The second kappa shape index (κ2) is 5.19. The van der Waals surface area contributed by atoms with E-state index in [2.05, 4.69) is 43.9 Å². The Bertz CT molecular complexity index is 403. The predicted molar refractivity (Wildman–Crippen MR) is 74.7 cm³/mol. The number of hydrogen-bond acceptors (Lipinski definition) is 3. The van der Waals surface area contributed by atoms with Crippen LogP contribution in [0.1, 0.15) is 26.3 Å². The fourth-order valence-electron chi connectivity index (χ4n) is 2.21. The van der Waals surface area contributed by atoms with Gasteiger partial charge in [-0.15, -0.1) is 0 Å². The molecule has 0 N–H and O–H groups in total. The summed E-state index contributed by atoms with van der Waals surface area (Å²) in [6.07, 6.45) is 0. The van der Waals surface area contributed by atoms with Gasteiger partial charge in [0.2, 0.25) is 0 Å². The molecule has 1 aromatic rings. The van der Waals surface area contributed by atoms with Crippen LogP contribution in [0.15, 0.2) is 18.2 Å². The molecule has 1 heterocycles. The van der Waals surface area contributed by atoms with Crippen LogP contribution < -0.4 is 9.64 Å². The Balaban J connectivity index is 2.30. The largest absolute Gasteiger partial charge is 0.495 e. The number of anilines is 1. The summed E-state index contributed by atoms with van der Waals surface area (Å²) < 4.78 is 10.9. The van der Waals surface area contributed by atoms with Gasteiger partial charge in [-0.3, -0.25) is 0 Å². The predicted octanol–water partition coefficient (Wildman–Crippen LogP) is 2.83. The van der Waals surface area contributed by atoms with Gasteiger partial charge in [-0.2, -0.15) is 0 Å². The van der Waals surface area contributed by atoms with Crippen molar-refractivity contribution in [3.63, 3.8) is 0 Å². The van der Waals surface area contributed by atoms with Gasteiger partial charge in [-0.25, -0.2) is 0 Å². The van der Waals surface area contributed by atoms with E-state index in [1.54, 1.807) is 7.11 Å². The summed E-state index contributed by atoms with van der Waals surface area (Å²) in [6, 6.07) is 6.53. The Labute approximate surface area is 110 Å². The van der Waals surface area contributed by atoms with Crippen molar-refractivity contribution in [1.82, 2.24) is 0 Å². The fraction of sp³-hybridized carbons (Fsp3) is 0.600. The zero-order valence-electron chi connectivity index (χ0n) is 11.8. The highest BCUT2D eigenvalue weighted by Crippen LogP contribution is 2.34. The van der Waals surface area contributed by atoms with E-state index in [0.29, 0.717) is 0 Å². The summed E-state index contributed by atoms with van der Waals surface area (Å²) in [4.78, 5) is 2.33. The molecule has 1 aliphatic rings. The van der Waals surface area contributed by atoms with Crippen molar-refractivity contribution in [1.29, 1.82) is 0 Å². The van der Waals surface area contributed by atoms with Crippen LogP contribution in [0, 0.1) is 0 Å². The molecular weight excluding hydrogens is 226 g/mol. The van der Waals surface area contributed by atoms with Crippen molar-refractivity contribution in [3.8, 4) is 5.75 Å². The lowest BCUT2D eigenvalue weighted by atomic mass is 9.87. The average Bonchev–Trinajstić information content (AvgIpc) is 2.38. The Hall–Kier alpha value is -1.22. The minimum Gasteiger partial charge on any atom is -0.495 e. The lowest BCUT2D eigenvalue weighted by Gasteiger charge is -2.31. The number of methoxy groups -OCH3 is 1. The topological polar surface area (TPSA) is 21.7 Å². The van der Waals surface area contributed by atoms with Gasteiger partial charge >= 0.3 is 0 Å². The van der Waals surface area contributed by atoms with Crippen molar-refractivity contribution in [2.24, 2.45) is 0 Å². The van der Waals surface area contributed by atoms with Crippen molar-refractivity contribution in [3.05, 3.63) is 23.8 Å². The minimum absolute atomic E-state index is 0.150. The van der Waals surface area contributed by atoms with E-state index >= 15 is 0 Å². The normalized spacial score (nSPS) is 16.8. The molecule has 1 aliphatic heterocycles. The van der Waals surface area contributed by atoms with Gasteiger partial charge in [0.1, 0.15) is 5.75 Å². The van der Waals surface area contributed by atoms with E-state index in [4.69, 9.17) is 9.47 Å². The van der Waals surface area contributed by atoms with E-state index < -0.39 is 0 Å². The van der Waals surface area contributed by atoms with Crippen molar-refractivity contribution < 1.29 is 9.47 Å². The molecule has 1 saturated heterocycles. The molecule has 0 spiro atoms. The second-order valence-corrected chi connectivity index (χ2v) is 5.74. The first-order valence-corrected chi connectivity index (χ1v) is 6.53. The number of benzene rings is 1. The lowest BCUT2D eigenvalue weighted by Crippen LogP contribution is -2.36. The lowest BCUT2D eigenvalue weighted by molar-refractivity contribution is 0.122. The van der Waals surface area contributed by atoms with Crippen LogP contribution in [0.4, 0.5) is 5.69 Å². The highest BCUT2D eigenvalue weighted by atomic mass is 16.5. The number of rotatable bonds is 2. The van der Waals surface area contributed by atoms with Gasteiger partial charge in [-0.05, 0) is 23.1 Å². The highest BCUT2D eigenvalue weighted by molar-refractivity contribution is 5.60. The van der Waals surface area contributed by atoms with Crippen LogP contribution in [0.5, 0.6) is 5.75 Å². The van der Waals surface area contributed by atoms with Crippen LogP contribution in [0.3, 0.4) is 0 Å².